The van der Waals surface area contributed by atoms with E-state index in [1.807, 2.05) is 6.08 Å². The second-order valence-electron chi connectivity index (χ2n) is 10.9. The zero-order valence-electron chi connectivity index (χ0n) is 19.3. The van der Waals surface area contributed by atoms with E-state index in [4.69, 9.17) is 5.11 Å². The van der Waals surface area contributed by atoms with Gasteiger partial charge in [0.05, 0.1) is 12.0 Å². The number of hydrogen-bond acceptors (Lipinski definition) is 5. The number of aliphatic hydroxyl groups is 2. The van der Waals surface area contributed by atoms with Gasteiger partial charge in [-0.05, 0) is 73.2 Å². The van der Waals surface area contributed by atoms with Crippen molar-refractivity contribution in [3.8, 4) is 0 Å². The number of carbonyl (C=O) groups excluding carboxylic acids is 2. The first-order valence-corrected chi connectivity index (χ1v) is 11.7. The summed E-state index contributed by atoms with van der Waals surface area (Å²) in [6.07, 6.45) is 7.32. The molecular weight excluding hydrogens is 396 g/mol. The van der Waals surface area contributed by atoms with Crippen LogP contribution in [0.3, 0.4) is 0 Å². The minimum Gasteiger partial charge on any atom is -0.481 e. The summed E-state index contributed by atoms with van der Waals surface area (Å²) >= 11 is 0. The highest BCUT2D eigenvalue weighted by Crippen LogP contribution is 2.66. The Morgan fingerprint density at radius 1 is 1.16 bits per heavy atom. The molecule has 4 aliphatic rings. The van der Waals surface area contributed by atoms with Gasteiger partial charge in [-0.15, -0.1) is 0 Å². The third kappa shape index (κ3) is 4.13. The predicted octanol–water partition coefficient (Wildman–Crippen LogP) is 3.39. The van der Waals surface area contributed by atoms with E-state index in [1.165, 1.54) is 5.57 Å². The number of carbonyl (C=O) groups is 3. The molecule has 4 rings (SSSR count). The number of Topliss-reactive ketones (excluding diaryl/α,β-unsaturated/α-hetero) is 1. The van der Waals surface area contributed by atoms with Crippen LogP contribution in [0.2, 0.25) is 0 Å². The molecule has 0 aromatic rings. The van der Waals surface area contributed by atoms with Crippen molar-refractivity contribution in [2.45, 2.75) is 78.7 Å². The third-order valence-corrected chi connectivity index (χ3v) is 8.93. The standard InChI is InChI=1S/C21H30O4.C4H8O2/c1-20-8-7-13(23)9-12(20)3-4-14-15-5-6-16(18(25)11-22)21(15,2)10-17(24)19(14)20;1-3(2)4(5)6/h9,14-17,19,22,24H,3-8,10-11H2,1-2H3;3H,1-2H3,(H,5,6). The molecule has 0 heterocycles. The van der Waals surface area contributed by atoms with Crippen molar-refractivity contribution < 1.29 is 29.7 Å². The van der Waals surface area contributed by atoms with Crippen LogP contribution >= 0.6 is 0 Å². The Balaban J connectivity index is 0.000000401. The summed E-state index contributed by atoms with van der Waals surface area (Å²) in [7, 11) is 0. The molecule has 3 fully saturated rings. The fourth-order valence-corrected chi connectivity index (χ4v) is 7.33. The number of fused-ring (bicyclic) bond motifs is 5. The summed E-state index contributed by atoms with van der Waals surface area (Å²) in [6, 6.07) is 0. The summed E-state index contributed by atoms with van der Waals surface area (Å²) in [5, 5.41) is 28.5. The Morgan fingerprint density at radius 2 is 1.81 bits per heavy atom. The van der Waals surface area contributed by atoms with Crippen molar-refractivity contribution in [1.82, 2.24) is 0 Å². The van der Waals surface area contributed by atoms with Crippen molar-refractivity contribution in [2.75, 3.05) is 6.61 Å². The van der Waals surface area contributed by atoms with Crippen molar-refractivity contribution in [1.29, 1.82) is 0 Å². The van der Waals surface area contributed by atoms with E-state index in [0.29, 0.717) is 24.7 Å². The van der Waals surface area contributed by atoms with Gasteiger partial charge in [0.25, 0.3) is 0 Å². The van der Waals surface area contributed by atoms with Gasteiger partial charge in [-0.1, -0.05) is 33.3 Å². The molecule has 3 saturated carbocycles. The molecule has 6 nitrogen and oxygen atoms in total. The van der Waals surface area contributed by atoms with Gasteiger partial charge < -0.3 is 15.3 Å². The van der Waals surface area contributed by atoms with Crippen LogP contribution in [0.5, 0.6) is 0 Å². The minimum atomic E-state index is -0.741. The highest BCUT2D eigenvalue weighted by atomic mass is 16.4. The van der Waals surface area contributed by atoms with Crippen LogP contribution in [0, 0.1) is 40.4 Å². The molecule has 0 spiro atoms. The SMILES string of the molecule is CC(C)C(=O)O.CC12CCC(=O)C=C1CCC1C2C(O)CC2(C)C(C(=O)CO)CCC12. The van der Waals surface area contributed by atoms with Crippen LogP contribution in [0.25, 0.3) is 0 Å². The molecule has 6 heteroatoms. The predicted molar refractivity (Wildman–Crippen MR) is 116 cm³/mol. The average Bonchev–Trinajstić information content (AvgIpc) is 3.04. The van der Waals surface area contributed by atoms with Gasteiger partial charge in [-0.25, -0.2) is 0 Å². The summed E-state index contributed by atoms with van der Waals surface area (Å²) < 4.78 is 0. The van der Waals surface area contributed by atoms with Crippen molar-refractivity contribution in [3.05, 3.63) is 11.6 Å². The van der Waals surface area contributed by atoms with E-state index >= 15 is 0 Å². The van der Waals surface area contributed by atoms with Gasteiger partial charge in [0.1, 0.15) is 6.61 Å². The molecule has 7 atom stereocenters. The van der Waals surface area contributed by atoms with Gasteiger partial charge in [0, 0.05) is 12.3 Å². The Morgan fingerprint density at radius 3 is 2.39 bits per heavy atom. The molecule has 0 aromatic carbocycles. The molecule has 3 N–H and O–H groups in total. The lowest BCUT2D eigenvalue weighted by Gasteiger charge is -2.59. The van der Waals surface area contributed by atoms with E-state index in [0.717, 1.165) is 32.1 Å². The fraction of sp³-hybridized carbons (Fsp3) is 0.800. The molecule has 0 amide bonds. The molecule has 0 bridgehead atoms. The first-order chi connectivity index (χ1) is 14.5. The molecule has 174 valence electrons. The van der Waals surface area contributed by atoms with Gasteiger partial charge in [-0.2, -0.15) is 0 Å². The van der Waals surface area contributed by atoms with Gasteiger partial charge >= 0.3 is 5.97 Å². The molecular formula is C25H38O6. The molecule has 4 aliphatic carbocycles. The zero-order chi connectivity index (χ0) is 23.1. The molecule has 0 aliphatic heterocycles. The van der Waals surface area contributed by atoms with E-state index in [1.54, 1.807) is 13.8 Å². The number of rotatable bonds is 3. The van der Waals surface area contributed by atoms with E-state index < -0.39 is 12.1 Å². The second kappa shape index (κ2) is 8.78. The Labute approximate surface area is 185 Å². The van der Waals surface area contributed by atoms with E-state index in [9.17, 15) is 24.6 Å². The summed E-state index contributed by atoms with van der Waals surface area (Å²) in [4.78, 5) is 33.9. The quantitative estimate of drug-likeness (QED) is 0.628. The highest BCUT2D eigenvalue weighted by molar-refractivity contribution is 5.91. The van der Waals surface area contributed by atoms with Gasteiger partial charge in [0.15, 0.2) is 11.6 Å². The van der Waals surface area contributed by atoms with Gasteiger partial charge in [0.2, 0.25) is 0 Å². The number of aliphatic carboxylic acids is 1. The average molecular weight is 435 g/mol. The third-order valence-electron chi connectivity index (χ3n) is 8.93. The van der Waals surface area contributed by atoms with Crippen LogP contribution in [-0.2, 0) is 14.4 Å². The van der Waals surface area contributed by atoms with Crippen molar-refractivity contribution in [3.63, 3.8) is 0 Å². The summed E-state index contributed by atoms with van der Waals surface area (Å²) in [6.45, 7) is 7.31. The lowest BCUT2D eigenvalue weighted by Crippen LogP contribution is -2.57. The number of aliphatic hydroxyl groups excluding tert-OH is 2. The van der Waals surface area contributed by atoms with Crippen molar-refractivity contribution in [2.24, 2.45) is 40.4 Å². The zero-order valence-corrected chi connectivity index (χ0v) is 19.3. The lowest BCUT2D eigenvalue weighted by atomic mass is 9.46. The normalized spacial score (nSPS) is 41.3. The summed E-state index contributed by atoms with van der Waals surface area (Å²) in [5.41, 5.74) is 0.979. The molecule has 0 aromatic heterocycles. The fourth-order valence-electron chi connectivity index (χ4n) is 7.33. The number of hydrogen-bond donors (Lipinski definition) is 3. The Hall–Kier alpha value is -1.53. The van der Waals surface area contributed by atoms with E-state index in [2.05, 4.69) is 13.8 Å². The van der Waals surface area contributed by atoms with Crippen LogP contribution in [0.4, 0.5) is 0 Å². The monoisotopic (exact) mass is 434 g/mol. The number of ketones is 2. The molecule has 0 radical (unpaired) electrons. The highest BCUT2D eigenvalue weighted by Gasteiger charge is 2.62. The maximum absolute atomic E-state index is 12.3. The smallest absolute Gasteiger partial charge is 0.305 e. The van der Waals surface area contributed by atoms with Crippen LogP contribution in [0.1, 0.15) is 72.6 Å². The Bertz CT molecular complexity index is 770. The lowest BCUT2D eigenvalue weighted by molar-refractivity contribution is -0.146. The first kappa shape index (κ1) is 24.1. The largest absolute Gasteiger partial charge is 0.481 e. The maximum Gasteiger partial charge on any atom is 0.305 e. The Kier molecular flexibility index (Phi) is 6.83. The van der Waals surface area contributed by atoms with Crippen LogP contribution in [0.15, 0.2) is 11.6 Å². The molecule has 0 saturated heterocycles. The van der Waals surface area contributed by atoms with Crippen LogP contribution in [-0.4, -0.2) is 45.6 Å². The van der Waals surface area contributed by atoms with Crippen molar-refractivity contribution >= 4 is 17.5 Å². The first-order valence-electron chi connectivity index (χ1n) is 11.7. The number of carboxylic acid groups (broad SMARTS) is 1. The summed E-state index contributed by atoms with van der Waals surface area (Å²) in [5.74, 6) is 0.146. The number of carboxylic acids is 1. The van der Waals surface area contributed by atoms with Crippen LogP contribution < -0.4 is 0 Å². The van der Waals surface area contributed by atoms with Gasteiger partial charge in [-0.3, -0.25) is 14.4 Å². The minimum absolute atomic E-state index is 0.0541. The topological polar surface area (TPSA) is 112 Å². The van der Waals surface area contributed by atoms with E-state index in [-0.39, 0.29) is 46.8 Å². The molecule has 7 unspecified atom stereocenters. The number of allylic oxidation sites excluding steroid dienone is 1. The second-order valence-corrected chi connectivity index (χ2v) is 10.9. The maximum atomic E-state index is 12.3. The molecule has 31 heavy (non-hydrogen) atoms.